The molecular weight excluding hydrogens is 304 g/mol. The van der Waals surface area contributed by atoms with Crippen molar-refractivity contribution in [3.8, 4) is 5.75 Å². The molecule has 0 unspecified atom stereocenters. The molecule has 1 aromatic rings. The van der Waals surface area contributed by atoms with E-state index in [1.807, 2.05) is 18.2 Å². The van der Waals surface area contributed by atoms with Gasteiger partial charge in [-0.3, -0.25) is 9.89 Å². The van der Waals surface area contributed by atoms with Gasteiger partial charge in [0.2, 0.25) is 0 Å². The highest BCUT2D eigenvalue weighted by atomic mass is 16.5. The first kappa shape index (κ1) is 18.5. The number of rotatable bonds is 10. The second kappa shape index (κ2) is 10.2. The molecule has 24 heavy (non-hydrogen) atoms. The van der Waals surface area contributed by atoms with Crippen LogP contribution in [0.2, 0.25) is 0 Å². The van der Waals surface area contributed by atoms with Crippen LogP contribution < -0.4 is 15.4 Å². The van der Waals surface area contributed by atoms with Crippen molar-refractivity contribution in [3.63, 3.8) is 0 Å². The Morgan fingerprint density at radius 1 is 1.25 bits per heavy atom. The maximum absolute atomic E-state index is 5.25. The summed E-state index contributed by atoms with van der Waals surface area (Å²) in [5, 5.41) is 6.72. The highest BCUT2D eigenvalue weighted by molar-refractivity contribution is 5.79. The number of aliphatic imine (C=N–C) groups is 1. The lowest BCUT2D eigenvalue weighted by Crippen LogP contribution is -2.42. The summed E-state index contributed by atoms with van der Waals surface area (Å²) in [6.07, 6.45) is 2.62. The van der Waals surface area contributed by atoms with Gasteiger partial charge in [-0.2, -0.15) is 0 Å². The zero-order chi connectivity index (χ0) is 17.2. The number of nitrogens with zero attached hydrogens (tertiary/aromatic N) is 2. The summed E-state index contributed by atoms with van der Waals surface area (Å²) in [5.74, 6) is 1.69. The van der Waals surface area contributed by atoms with Crippen LogP contribution in [0.5, 0.6) is 5.75 Å². The zero-order valence-corrected chi connectivity index (χ0v) is 15.0. The Labute approximate surface area is 145 Å². The fourth-order valence-corrected chi connectivity index (χ4v) is 2.63. The molecule has 1 saturated carbocycles. The van der Waals surface area contributed by atoms with E-state index in [9.17, 15) is 0 Å². The third kappa shape index (κ3) is 6.37. The molecule has 0 saturated heterocycles. The number of benzene rings is 1. The van der Waals surface area contributed by atoms with E-state index in [0.29, 0.717) is 6.54 Å². The van der Waals surface area contributed by atoms with Gasteiger partial charge in [0.05, 0.1) is 13.7 Å². The Balaban J connectivity index is 1.71. The minimum absolute atomic E-state index is 0.715. The molecule has 0 bridgehead atoms. The number of methoxy groups -OCH3 is 2. The number of hydrogen-bond acceptors (Lipinski definition) is 4. The molecule has 1 fully saturated rings. The number of hydrogen-bond donors (Lipinski definition) is 2. The van der Waals surface area contributed by atoms with Crippen LogP contribution in [0.25, 0.3) is 0 Å². The average Bonchev–Trinajstić information content (AvgIpc) is 3.45. The second-order valence-corrected chi connectivity index (χ2v) is 5.96. The summed E-state index contributed by atoms with van der Waals surface area (Å²) < 4.78 is 10.4. The van der Waals surface area contributed by atoms with Crippen LogP contribution >= 0.6 is 0 Å². The van der Waals surface area contributed by atoms with E-state index in [0.717, 1.165) is 49.6 Å². The highest BCUT2D eigenvalue weighted by Gasteiger charge is 2.28. The molecule has 1 aromatic carbocycles. The van der Waals surface area contributed by atoms with E-state index < -0.39 is 0 Å². The number of ether oxygens (including phenoxy) is 2. The summed E-state index contributed by atoms with van der Waals surface area (Å²) in [6.45, 7) is 4.39. The van der Waals surface area contributed by atoms with E-state index in [1.165, 1.54) is 12.8 Å². The summed E-state index contributed by atoms with van der Waals surface area (Å²) in [7, 11) is 5.24. The Morgan fingerprint density at radius 3 is 2.75 bits per heavy atom. The summed E-state index contributed by atoms with van der Waals surface area (Å²) in [4.78, 5) is 6.78. The molecule has 134 valence electrons. The molecule has 0 heterocycles. The van der Waals surface area contributed by atoms with Crippen LogP contribution in [-0.2, 0) is 11.3 Å². The van der Waals surface area contributed by atoms with E-state index in [4.69, 9.17) is 9.47 Å². The van der Waals surface area contributed by atoms with Gasteiger partial charge in [-0.05, 0) is 30.5 Å². The maximum Gasteiger partial charge on any atom is 0.191 e. The molecule has 0 aromatic heterocycles. The van der Waals surface area contributed by atoms with Crippen molar-refractivity contribution in [2.75, 3.05) is 47.5 Å². The normalized spacial score (nSPS) is 14.8. The minimum Gasteiger partial charge on any atom is -0.497 e. The Morgan fingerprint density at radius 2 is 2.08 bits per heavy atom. The maximum atomic E-state index is 5.25. The first-order valence-corrected chi connectivity index (χ1v) is 8.57. The van der Waals surface area contributed by atoms with Gasteiger partial charge < -0.3 is 20.1 Å². The first-order valence-electron chi connectivity index (χ1n) is 8.57. The van der Waals surface area contributed by atoms with Crippen molar-refractivity contribution >= 4 is 5.96 Å². The van der Waals surface area contributed by atoms with E-state index in [1.54, 1.807) is 21.3 Å². The largest absolute Gasteiger partial charge is 0.497 e. The number of nitrogens with one attached hydrogen (secondary N) is 2. The van der Waals surface area contributed by atoms with Crippen molar-refractivity contribution in [3.05, 3.63) is 29.8 Å². The molecule has 0 aliphatic heterocycles. The predicted octanol–water partition coefficient (Wildman–Crippen LogP) is 1.47. The molecule has 0 atom stereocenters. The molecule has 2 rings (SSSR count). The molecule has 1 aliphatic rings. The molecule has 0 radical (unpaired) electrons. The fourth-order valence-electron chi connectivity index (χ4n) is 2.63. The van der Waals surface area contributed by atoms with E-state index >= 15 is 0 Å². The lowest BCUT2D eigenvalue weighted by atomic mass is 10.2. The Kier molecular flexibility index (Phi) is 7.85. The second-order valence-electron chi connectivity index (χ2n) is 5.96. The molecule has 0 amide bonds. The third-order valence-electron chi connectivity index (χ3n) is 4.16. The van der Waals surface area contributed by atoms with Gasteiger partial charge >= 0.3 is 0 Å². The lowest BCUT2D eigenvalue weighted by molar-refractivity contribution is 0.144. The van der Waals surface area contributed by atoms with Crippen molar-refractivity contribution in [2.45, 2.75) is 25.4 Å². The number of guanidine groups is 1. The molecular formula is C18H30N4O2. The molecule has 2 N–H and O–H groups in total. The third-order valence-corrected chi connectivity index (χ3v) is 4.16. The van der Waals surface area contributed by atoms with Crippen LogP contribution in [0.1, 0.15) is 18.4 Å². The van der Waals surface area contributed by atoms with Crippen LogP contribution in [0.3, 0.4) is 0 Å². The molecule has 0 spiro atoms. The van der Waals surface area contributed by atoms with Crippen molar-refractivity contribution < 1.29 is 9.47 Å². The molecule has 6 nitrogen and oxygen atoms in total. The van der Waals surface area contributed by atoms with Crippen molar-refractivity contribution in [2.24, 2.45) is 4.99 Å². The van der Waals surface area contributed by atoms with Crippen LogP contribution in [0.4, 0.5) is 0 Å². The SMILES string of the molecule is CN=C(NCCN(CCOC)C1CC1)NCc1cccc(OC)c1. The van der Waals surface area contributed by atoms with Crippen LogP contribution in [0.15, 0.2) is 29.3 Å². The standard InChI is InChI=1S/C18H30N4O2/c1-19-18(21-14-15-5-4-6-17(13-15)24-3)20-9-10-22(11-12-23-2)16-7-8-16/h4-6,13,16H,7-12,14H2,1-3H3,(H2,19,20,21). The van der Waals surface area contributed by atoms with E-state index in [-0.39, 0.29) is 0 Å². The van der Waals surface area contributed by atoms with Gasteiger partial charge in [-0.25, -0.2) is 0 Å². The smallest absolute Gasteiger partial charge is 0.191 e. The highest BCUT2D eigenvalue weighted by Crippen LogP contribution is 2.25. The first-order chi connectivity index (χ1) is 11.8. The molecule has 6 heteroatoms. The Hall–Kier alpha value is -1.79. The van der Waals surface area contributed by atoms with Gasteiger partial charge in [0.25, 0.3) is 0 Å². The Bertz CT molecular complexity index is 517. The van der Waals surface area contributed by atoms with Gasteiger partial charge in [0.1, 0.15) is 5.75 Å². The summed E-state index contributed by atoms with van der Waals surface area (Å²) in [5.41, 5.74) is 1.16. The monoisotopic (exact) mass is 334 g/mol. The van der Waals surface area contributed by atoms with Crippen molar-refractivity contribution in [1.82, 2.24) is 15.5 Å². The quantitative estimate of drug-likeness (QED) is 0.501. The topological polar surface area (TPSA) is 58.1 Å². The average molecular weight is 334 g/mol. The van der Waals surface area contributed by atoms with Gasteiger partial charge in [0.15, 0.2) is 5.96 Å². The fraction of sp³-hybridized carbons (Fsp3) is 0.611. The lowest BCUT2D eigenvalue weighted by Gasteiger charge is -2.22. The predicted molar refractivity (Wildman–Crippen MR) is 97.7 cm³/mol. The van der Waals surface area contributed by atoms with Crippen LogP contribution in [-0.4, -0.2) is 64.4 Å². The summed E-state index contributed by atoms with van der Waals surface area (Å²) in [6, 6.07) is 8.79. The van der Waals surface area contributed by atoms with Crippen molar-refractivity contribution in [1.29, 1.82) is 0 Å². The van der Waals surface area contributed by atoms with Gasteiger partial charge in [0, 0.05) is 46.4 Å². The van der Waals surface area contributed by atoms with Gasteiger partial charge in [-0.15, -0.1) is 0 Å². The van der Waals surface area contributed by atoms with Crippen LogP contribution in [0, 0.1) is 0 Å². The van der Waals surface area contributed by atoms with Gasteiger partial charge in [-0.1, -0.05) is 12.1 Å². The van der Waals surface area contributed by atoms with E-state index in [2.05, 4.69) is 26.6 Å². The molecule has 1 aliphatic carbocycles. The summed E-state index contributed by atoms with van der Waals surface area (Å²) >= 11 is 0. The zero-order valence-electron chi connectivity index (χ0n) is 15.0. The minimum atomic E-state index is 0.715.